The molecule has 1 aliphatic heterocycles. The van der Waals surface area contributed by atoms with Crippen LogP contribution >= 0.6 is 11.6 Å². The molecule has 1 heterocycles. The van der Waals surface area contributed by atoms with Gasteiger partial charge in [-0.3, -0.25) is 9.59 Å². The third-order valence-corrected chi connectivity index (χ3v) is 5.55. The van der Waals surface area contributed by atoms with Crippen LogP contribution in [0.5, 0.6) is 0 Å². The molecule has 4 nitrogen and oxygen atoms in total. The summed E-state index contributed by atoms with van der Waals surface area (Å²) in [4.78, 5) is 28.6. The van der Waals surface area contributed by atoms with E-state index < -0.39 is 11.7 Å². The first-order valence-corrected chi connectivity index (χ1v) is 10.0. The molecule has 30 heavy (non-hydrogen) atoms. The van der Waals surface area contributed by atoms with Crippen LogP contribution in [-0.4, -0.2) is 47.8 Å². The Morgan fingerprint density at radius 2 is 1.47 bits per heavy atom. The van der Waals surface area contributed by atoms with Crippen LogP contribution in [-0.2, 0) is 11.0 Å². The molecule has 0 spiro atoms. The van der Waals surface area contributed by atoms with E-state index in [1.165, 1.54) is 12.1 Å². The van der Waals surface area contributed by atoms with Crippen molar-refractivity contribution in [3.63, 3.8) is 0 Å². The molecular weight excluding hydrogens is 417 g/mol. The minimum atomic E-state index is -4.37. The second-order valence-corrected chi connectivity index (χ2v) is 7.84. The number of carbonyl (C=O) groups is 2. The largest absolute Gasteiger partial charge is 0.416 e. The summed E-state index contributed by atoms with van der Waals surface area (Å²) in [5.74, 6) is -0.369. The van der Waals surface area contributed by atoms with E-state index in [1.807, 2.05) is 6.92 Å². The molecule has 0 saturated carbocycles. The molecule has 0 bridgehead atoms. The lowest BCUT2D eigenvalue weighted by Crippen LogP contribution is -2.50. The first-order chi connectivity index (χ1) is 14.1. The summed E-state index contributed by atoms with van der Waals surface area (Å²) in [6.07, 6.45) is -4.17. The quantitative estimate of drug-likeness (QED) is 0.685. The average molecular weight is 439 g/mol. The molecule has 3 rings (SSSR count). The minimum absolute atomic E-state index is 0.0685. The predicted molar refractivity (Wildman–Crippen MR) is 108 cm³/mol. The zero-order chi connectivity index (χ0) is 21.9. The van der Waals surface area contributed by atoms with Gasteiger partial charge in [0.15, 0.2) is 0 Å². The van der Waals surface area contributed by atoms with Gasteiger partial charge in [-0.1, -0.05) is 30.7 Å². The number of amides is 2. The molecule has 0 N–H and O–H groups in total. The van der Waals surface area contributed by atoms with E-state index in [9.17, 15) is 22.8 Å². The van der Waals surface area contributed by atoms with Crippen LogP contribution in [0.1, 0.15) is 40.7 Å². The SMILES string of the molecule is CC(CC(=O)N1CCN(C(=O)c2ccc(Cl)cc2)CC1)c1ccc(C(F)(F)F)cc1. The Bertz CT molecular complexity index is 890. The Morgan fingerprint density at radius 3 is 2.00 bits per heavy atom. The highest BCUT2D eigenvalue weighted by Crippen LogP contribution is 2.30. The van der Waals surface area contributed by atoms with Crippen molar-refractivity contribution in [1.82, 2.24) is 9.80 Å². The maximum absolute atomic E-state index is 12.7. The van der Waals surface area contributed by atoms with Crippen molar-refractivity contribution in [2.75, 3.05) is 26.2 Å². The lowest BCUT2D eigenvalue weighted by molar-refractivity contribution is -0.137. The Kier molecular flexibility index (Phi) is 6.71. The first-order valence-electron chi connectivity index (χ1n) is 9.65. The van der Waals surface area contributed by atoms with Crippen molar-refractivity contribution in [2.24, 2.45) is 0 Å². The highest BCUT2D eigenvalue weighted by atomic mass is 35.5. The van der Waals surface area contributed by atoms with Crippen LogP contribution in [0.25, 0.3) is 0 Å². The number of carbonyl (C=O) groups excluding carboxylic acids is 2. The fraction of sp³-hybridized carbons (Fsp3) is 0.364. The van der Waals surface area contributed by atoms with Crippen LogP contribution in [0, 0.1) is 0 Å². The molecule has 0 aromatic heterocycles. The van der Waals surface area contributed by atoms with Gasteiger partial charge in [0.05, 0.1) is 5.56 Å². The molecule has 2 amide bonds. The molecule has 1 fully saturated rings. The maximum Gasteiger partial charge on any atom is 0.416 e. The van der Waals surface area contributed by atoms with E-state index in [2.05, 4.69) is 0 Å². The zero-order valence-corrected chi connectivity index (χ0v) is 17.2. The third kappa shape index (κ3) is 5.33. The molecule has 0 aliphatic carbocycles. The normalized spacial score (nSPS) is 15.8. The van der Waals surface area contributed by atoms with Crippen LogP contribution < -0.4 is 0 Å². The summed E-state index contributed by atoms with van der Waals surface area (Å²) < 4.78 is 38.1. The Balaban J connectivity index is 1.52. The molecule has 1 saturated heterocycles. The highest BCUT2D eigenvalue weighted by Gasteiger charge is 2.30. The Morgan fingerprint density at radius 1 is 0.933 bits per heavy atom. The molecule has 2 aromatic carbocycles. The number of hydrogen-bond donors (Lipinski definition) is 0. The lowest BCUT2D eigenvalue weighted by Gasteiger charge is -2.35. The van der Waals surface area contributed by atoms with Crippen LogP contribution in [0.15, 0.2) is 48.5 Å². The monoisotopic (exact) mass is 438 g/mol. The van der Waals surface area contributed by atoms with Gasteiger partial charge in [0.1, 0.15) is 0 Å². The van der Waals surface area contributed by atoms with Gasteiger partial charge < -0.3 is 9.80 Å². The smallest absolute Gasteiger partial charge is 0.339 e. The van der Waals surface area contributed by atoms with Crippen molar-refractivity contribution in [1.29, 1.82) is 0 Å². The van der Waals surface area contributed by atoms with Crippen LogP contribution in [0.2, 0.25) is 5.02 Å². The third-order valence-electron chi connectivity index (χ3n) is 5.30. The van der Waals surface area contributed by atoms with Gasteiger partial charge in [0.2, 0.25) is 5.91 Å². The summed E-state index contributed by atoms with van der Waals surface area (Å²) in [6, 6.07) is 11.6. The molecule has 1 atom stereocenters. The number of piperazine rings is 1. The number of alkyl halides is 3. The van der Waals surface area contributed by atoms with Crippen molar-refractivity contribution < 1.29 is 22.8 Å². The molecule has 8 heteroatoms. The fourth-order valence-electron chi connectivity index (χ4n) is 3.44. The standard InChI is InChI=1S/C22H22ClF3N2O2/c1-15(16-2-6-18(7-3-16)22(24,25)26)14-20(29)27-10-12-28(13-11-27)21(30)17-4-8-19(23)9-5-17/h2-9,15H,10-14H2,1H3. The zero-order valence-electron chi connectivity index (χ0n) is 16.5. The van der Waals surface area contributed by atoms with Gasteiger partial charge in [0, 0.05) is 43.2 Å². The van der Waals surface area contributed by atoms with Crippen molar-refractivity contribution in [3.8, 4) is 0 Å². The number of rotatable bonds is 4. The molecular formula is C22H22ClF3N2O2. The van der Waals surface area contributed by atoms with E-state index in [4.69, 9.17) is 11.6 Å². The number of halogens is 4. The Labute approximate surface area is 178 Å². The Hall–Kier alpha value is -2.54. The predicted octanol–water partition coefficient (Wildman–Crippen LogP) is 4.84. The fourth-order valence-corrected chi connectivity index (χ4v) is 3.57. The average Bonchev–Trinajstić information content (AvgIpc) is 2.73. The van der Waals surface area contributed by atoms with Crippen LogP contribution in [0.4, 0.5) is 13.2 Å². The van der Waals surface area contributed by atoms with Gasteiger partial charge in [0.25, 0.3) is 5.91 Å². The molecule has 2 aromatic rings. The lowest BCUT2D eigenvalue weighted by atomic mass is 9.96. The molecule has 1 aliphatic rings. The second kappa shape index (κ2) is 9.08. The molecule has 1 unspecified atom stereocenters. The molecule has 160 valence electrons. The van der Waals surface area contributed by atoms with Gasteiger partial charge in [-0.25, -0.2) is 0 Å². The van der Waals surface area contributed by atoms with Crippen LogP contribution in [0.3, 0.4) is 0 Å². The van der Waals surface area contributed by atoms with Gasteiger partial charge in [-0.2, -0.15) is 13.2 Å². The van der Waals surface area contributed by atoms with Crippen molar-refractivity contribution >= 4 is 23.4 Å². The first kappa shape index (κ1) is 22.2. The van der Waals surface area contributed by atoms with E-state index in [-0.39, 0.29) is 24.2 Å². The highest BCUT2D eigenvalue weighted by molar-refractivity contribution is 6.30. The van der Waals surface area contributed by atoms with E-state index in [0.717, 1.165) is 12.1 Å². The van der Waals surface area contributed by atoms with E-state index >= 15 is 0 Å². The number of nitrogens with zero attached hydrogens (tertiary/aromatic N) is 2. The summed E-state index contributed by atoms with van der Waals surface area (Å²) in [7, 11) is 0. The van der Waals surface area contributed by atoms with Crippen molar-refractivity contribution in [3.05, 3.63) is 70.2 Å². The van der Waals surface area contributed by atoms with E-state index in [0.29, 0.717) is 42.3 Å². The molecule has 0 radical (unpaired) electrons. The summed E-state index contributed by atoms with van der Waals surface area (Å²) in [5, 5.41) is 0.559. The van der Waals surface area contributed by atoms with E-state index in [1.54, 1.807) is 34.1 Å². The minimum Gasteiger partial charge on any atom is -0.339 e. The number of benzene rings is 2. The second-order valence-electron chi connectivity index (χ2n) is 7.40. The summed E-state index contributed by atoms with van der Waals surface area (Å²) >= 11 is 5.85. The summed E-state index contributed by atoms with van der Waals surface area (Å²) in [6.45, 7) is 3.54. The topological polar surface area (TPSA) is 40.6 Å². The summed E-state index contributed by atoms with van der Waals surface area (Å²) in [5.41, 5.74) is 0.536. The van der Waals surface area contributed by atoms with Gasteiger partial charge in [-0.15, -0.1) is 0 Å². The number of hydrogen-bond acceptors (Lipinski definition) is 2. The van der Waals surface area contributed by atoms with Gasteiger partial charge >= 0.3 is 6.18 Å². The van der Waals surface area contributed by atoms with Gasteiger partial charge in [-0.05, 0) is 47.9 Å². The van der Waals surface area contributed by atoms with Crippen molar-refractivity contribution in [2.45, 2.75) is 25.4 Å². The maximum atomic E-state index is 12.7.